The third kappa shape index (κ3) is 6.45. The molecule has 0 radical (unpaired) electrons. The lowest BCUT2D eigenvalue weighted by Gasteiger charge is -2.29. The molecule has 0 heterocycles. The number of para-hydroxylation sites is 2. The molecular weight excluding hydrogens is 414 g/mol. The Morgan fingerprint density at radius 1 is 1.00 bits per heavy atom. The Bertz CT molecular complexity index is 978. The van der Waals surface area contributed by atoms with Gasteiger partial charge in [-0.05, 0) is 55.2 Å². The molecule has 31 heavy (non-hydrogen) atoms. The molecule has 0 aliphatic rings. The molecule has 0 saturated heterocycles. The van der Waals surface area contributed by atoms with E-state index in [4.69, 9.17) is 31.9 Å². The summed E-state index contributed by atoms with van der Waals surface area (Å²) in [7, 11) is 0. The van der Waals surface area contributed by atoms with E-state index in [1.54, 1.807) is 18.2 Å². The van der Waals surface area contributed by atoms with Gasteiger partial charge in [0.25, 0.3) is 0 Å². The van der Waals surface area contributed by atoms with Crippen molar-refractivity contribution in [3.8, 4) is 17.2 Å². The number of aliphatic hydroxyl groups excluding tert-OH is 2. The lowest BCUT2D eigenvalue weighted by Crippen LogP contribution is -2.37. The van der Waals surface area contributed by atoms with Crippen molar-refractivity contribution in [2.45, 2.75) is 38.0 Å². The zero-order chi connectivity index (χ0) is 22.3. The van der Waals surface area contributed by atoms with Crippen LogP contribution in [0.4, 0.5) is 0 Å². The van der Waals surface area contributed by atoms with E-state index in [0.717, 1.165) is 5.56 Å². The van der Waals surface area contributed by atoms with Crippen LogP contribution >= 0.6 is 11.6 Å². The molecule has 0 amide bonds. The molecule has 3 aromatic carbocycles. The summed E-state index contributed by atoms with van der Waals surface area (Å²) < 4.78 is 12.0. The van der Waals surface area contributed by atoms with Crippen molar-refractivity contribution in [1.82, 2.24) is 0 Å². The van der Waals surface area contributed by atoms with E-state index in [0.29, 0.717) is 34.4 Å². The lowest BCUT2D eigenvalue weighted by molar-refractivity contribution is 0.103. The van der Waals surface area contributed by atoms with Crippen LogP contribution < -0.4 is 15.2 Å². The van der Waals surface area contributed by atoms with Crippen LogP contribution in [0.2, 0.25) is 5.02 Å². The molecular formula is C25H28ClNO4. The average molecular weight is 442 g/mol. The largest absolute Gasteiger partial charge is 0.485 e. The molecule has 5 nitrogen and oxygen atoms in total. The predicted molar refractivity (Wildman–Crippen MR) is 123 cm³/mol. The van der Waals surface area contributed by atoms with Gasteiger partial charge in [-0.25, -0.2) is 0 Å². The maximum absolute atomic E-state index is 10.0. The monoisotopic (exact) mass is 441 g/mol. The fourth-order valence-corrected chi connectivity index (χ4v) is 3.78. The van der Waals surface area contributed by atoms with Crippen molar-refractivity contribution < 1.29 is 19.7 Å². The molecule has 0 spiro atoms. The zero-order valence-electron chi connectivity index (χ0n) is 17.5. The van der Waals surface area contributed by atoms with Crippen LogP contribution in [0.5, 0.6) is 17.2 Å². The molecule has 164 valence electrons. The summed E-state index contributed by atoms with van der Waals surface area (Å²) in [5.74, 6) is 1.76. The second-order valence-corrected chi connectivity index (χ2v) is 8.16. The molecule has 2 unspecified atom stereocenters. The van der Waals surface area contributed by atoms with Gasteiger partial charge in [0.05, 0.1) is 6.10 Å². The van der Waals surface area contributed by atoms with Crippen LogP contribution in [0.25, 0.3) is 0 Å². The molecule has 3 rings (SSSR count). The van der Waals surface area contributed by atoms with E-state index in [1.165, 1.54) is 0 Å². The third-order valence-electron chi connectivity index (χ3n) is 4.99. The second-order valence-electron chi connectivity index (χ2n) is 7.75. The van der Waals surface area contributed by atoms with Gasteiger partial charge in [-0.1, -0.05) is 60.1 Å². The van der Waals surface area contributed by atoms with Crippen molar-refractivity contribution in [3.05, 3.63) is 88.9 Å². The number of halogens is 1. The summed E-state index contributed by atoms with van der Waals surface area (Å²) in [6, 6.07) is 22.7. The Balaban J connectivity index is 1.73. The molecule has 0 aliphatic heterocycles. The van der Waals surface area contributed by atoms with Crippen LogP contribution in [-0.4, -0.2) is 22.9 Å². The van der Waals surface area contributed by atoms with Gasteiger partial charge in [-0.15, -0.1) is 0 Å². The number of hydrogen-bond donors (Lipinski definition) is 3. The normalized spacial score (nSPS) is 14.0. The SMILES string of the molecule is CC(N)(CC(O)CCO)c1ccc(Oc2ccccc2OCc2ccccc2)cc1Cl. The van der Waals surface area contributed by atoms with E-state index in [2.05, 4.69) is 0 Å². The van der Waals surface area contributed by atoms with Crippen LogP contribution in [0.1, 0.15) is 30.9 Å². The third-order valence-corrected chi connectivity index (χ3v) is 5.30. The molecule has 0 aromatic heterocycles. The molecule has 0 bridgehead atoms. The summed E-state index contributed by atoms with van der Waals surface area (Å²) >= 11 is 6.50. The average Bonchev–Trinajstić information content (AvgIpc) is 2.73. The fourth-order valence-electron chi connectivity index (χ4n) is 3.39. The van der Waals surface area contributed by atoms with Crippen LogP contribution in [-0.2, 0) is 12.1 Å². The maximum atomic E-state index is 10.0. The number of hydrogen-bond acceptors (Lipinski definition) is 5. The minimum Gasteiger partial charge on any atom is -0.485 e. The van der Waals surface area contributed by atoms with Gasteiger partial charge in [0.2, 0.25) is 0 Å². The molecule has 3 aromatic rings. The van der Waals surface area contributed by atoms with Gasteiger partial charge in [-0.2, -0.15) is 0 Å². The summed E-state index contributed by atoms with van der Waals surface area (Å²) in [5, 5.41) is 19.5. The Kier molecular flexibility index (Phi) is 7.93. The van der Waals surface area contributed by atoms with Crippen molar-refractivity contribution in [3.63, 3.8) is 0 Å². The van der Waals surface area contributed by atoms with E-state index < -0.39 is 11.6 Å². The van der Waals surface area contributed by atoms with Gasteiger partial charge in [0.1, 0.15) is 12.4 Å². The summed E-state index contributed by atoms with van der Waals surface area (Å²) in [5.41, 5.74) is 7.32. The Morgan fingerprint density at radius 2 is 1.68 bits per heavy atom. The van der Waals surface area contributed by atoms with E-state index in [9.17, 15) is 5.11 Å². The number of rotatable bonds is 10. The van der Waals surface area contributed by atoms with Crippen LogP contribution in [0.15, 0.2) is 72.8 Å². The minimum atomic E-state index is -0.846. The Hall–Kier alpha value is -2.57. The first kappa shape index (κ1) is 23.1. The van der Waals surface area contributed by atoms with Crippen molar-refractivity contribution in [2.75, 3.05) is 6.61 Å². The highest BCUT2D eigenvalue weighted by atomic mass is 35.5. The lowest BCUT2D eigenvalue weighted by atomic mass is 9.86. The standard InChI is InChI=1S/C25H28ClNO4/c1-25(27,16-19(29)13-14-28)21-12-11-20(15-22(21)26)31-24-10-6-5-9-23(24)30-17-18-7-3-2-4-8-18/h2-12,15,19,28-29H,13-14,16-17,27H2,1H3. The van der Waals surface area contributed by atoms with Crippen LogP contribution in [0.3, 0.4) is 0 Å². The topological polar surface area (TPSA) is 84.9 Å². The fraction of sp³-hybridized carbons (Fsp3) is 0.280. The number of benzene rings is 3. The second kappa shape index (κ2) is 10.6. The Morgan fingerprint density at radius 3 is 2.35 bits per heavy atom. The molecule has 0 saturated carbocycles. The van der Waals surface area contributed by atoms with Crippen molar-refractivity contribution >= 4 is 11.6 Å². The quantitative estimate of drug-likeness (QED) is 0.411. The molecule has 0 aliphatic carbocycles. The summed E-state index contributed by atoms with van der Waals surface area (Å²) in [4.78, 5) is 0. The van der Waals surface area contributed by atoms with E-state index in [1.807, 2.05) is 61.5 Å². The Labute approximate surface area is 188 Å². The van der Waals surface area contributed by atoms with Gasteiger partial charge in [0, 0.05) is 17.2 Å². The van der Waals surface area contributed by atoms with Gasteiger partial charge in [0.15, 0.2) is 11.5 Å². The van der Waals surface area contributed by atoms with Crippen molar-refractivity contribution in [1.29, 1.82) is 0 Å². The highest BCUT2D eigenvalue weighted by Gasteiger charge is 2.27. The van der Waals surface area contributed by atoms with Crippen LogP contribution in [0, 0.1) is 0 Å². The minimum absolute atomic E-state index is 0.0937. The number of nitrogens with two attached hydrogens (primary N) is 1. The van der Waals surface area contributed by atoms with Crippen molar-refractivity contribution in [2.24, 2.45) is 5.73 Å². The maximum Gasteiger partial charge on any atom is 0.169 e. The zero-order valence-corrected chi connectivity index (χ0v) is 18.3. The first-order chi connectivity index (χ1) is 14.9. The first-order valence-corrected chi connectivity index (χ1v) is 10.6. The number of aliphatic hydroxyl groups is 2. The predicted octanol–water partition coefficient (Wildman–Crippen LogP) is 5.02. The van der Waals surface area contributed by atoms with Gasteiger partial charge >= 0.3 is 0 Å². The smallest absolute Gasteiger partial charge is 0.169 e. The van der Waals surface area contributed by atoms with Gasteiger partial charge in [-0.3, -0.25) is 0 Å². The van der Waals surface area contributed by atoms with Gasteiger partial charge < -0.3 is 25.4 Å². The van der Waals surface area contributed by atoms with E-state index in [-0.39, 0.29) is 19.4 Å². The van der Waals surface area contributed by atoms with E-state index >= 15 is 0 Å². The highest BCUT2D eigenvalue weighted by Crippen LogP contribution is 2.36. The molecule has 4 N–H and O–H groups in total. The first-order valence-electron chi connectivity index (χ1n) is 10.2. The molecule has 6 heteroatoms. The summed E-state index contributed by atoms with van der Waals surface area (Å²) in [6.07, 6.45) is -0.157. The highest BCUT2D eigenvalue weighted by molar-refractivity contribution is 6.31. The molecule has 2 atom stereocenters. The number of ether oxygens (including phenoxy) is 2. The summed E-state index contributed by atoms with van der Waals surface area (Å²) in [6.45, 7) is 2.15. The molecule has 0 fully saturated rings.